The number of nitriles is 1. The second kappa shape index (κ2) is 7.73. The van der Waals surface area contributed by atoms with E-state index in [0.717, 1.165) is 0 Å². The number of benzene rings is 1. The third-order valence-electron chi connectivity index (χ3n) is 2.68. The zero-order valence-corrected chi connectivity index (χ0v) is 12.3. The molecule has 0 saturated carbocycles. The van der Waals surface area contributed by atoms with E-state index in [1.54, 1.807) is 18.2 Å². The van der Waals surface area contributed by atoms with Crippen LogP contribution in [0, 0.1) is 11.3 Å². The van der Waals surface area contributed by atoms with E-state index in [2.05, 4.69) is 4.72 Å². The van der Waals surface area contributed by atoms with Crippen LogP contribution < -0.4 is 4.72 Å². The van der Waals surface area contributed by atoms with E-state index in [9.17, 15) is 13.2 Å². The molecule has 1 unspecified atom stereocenters. The molecule has 0 amide bonds. The maximum Gasteiger partial charge on any atom is 0.306 e. The van der Waals surface area contributed by atoms with E-state index >= 15 is 0 Å². The highest BCUT2D eigenvalue weighted by Crippen LogP contribution is 2.08. The Morgan fingerprint density at radius 1 is 1.52 bits per heavy atom. The number of carbonyl (C=O) groups is 1. The van der Waals surface area contributed by atoms with Gasteiger partial charge in [-0.05, 0) is 17.7 Å². The number of rotatable bonds is 8. The van der Waals surface area contributed by atoms with Crippen molar-refractivity contribution < 1.29 is 23.1 Å². The molecule has 0 aliphatic heterocycles. The first kappa shape index (κ1) is 17.1. The minimum absolute atomic E-state index is 0.122. The molecular weight excluding hydrogens is 296 g/mol. The predicted octanol–water partition coefficient (Wildman–Crippen LogP) is 0.467. The second-order valence-electron chi connectivity index (χ2n) is 4.38. The zero-order valence-electron chi connectivity index (χ0n) is 11.4. The summed E-state index contributed by atoms with van der Waals surface area (Å²) in [6.07, 6.45) is -1.02. The number of nitrogens with zero attached hydrogens (tertiary/aromatic N) is 1. The average molecular weight is 312 g/mol. The highest BCUT2D eigenvalue weighted by molar-refractivity contribution is 7.88. The van der Waals surface area contributed by atoms with Crippen LogP contribution in [0.3, 0.4) is 0 Å². The first-order valence-electron chi connectivity index (χ1n) is 6.07. The number of carboxylic acid groups (broad SMARTS) is 1. The van der Waals surface area contributed by atoms with Gasteiger partial charge in [-0.1, -0.05) is 12.1 Å². The number of aliphatic carboxylic acids is 1. The molecular formula is C13H16N2O5S. The molecule has 0 aromatic heterocycles. The van der Waals surface area contributed by atoms with E-state index in [4.69, 9.17) is 15.1 Å². The van der Waals surface area contributed by atoms with Crippen LogP contribution in [0.15, 0.2) is 24.3 Å². The molecule has 0 spiro atoms. The Kier molecular flexibility index (Phi) is 6.30. The summed E-state index contributed by atoms with van der Waals surface area (Å²) in [4.78, 5) is 10.6. The number of carboxylic acids is 1. The van der Waals surface area contributed by atoms with Crippen molar-refractivity contribution in [3.8, 4) is 6.07 Å². The van der Waals surface area contributed by atoms with Crippen LogP contribution in [-0.4, -0.2) is 39.3 Å². The van der Waals surface area contributed by atoms with Gasteiger partial charge < -0.3 is 9.84 Å². The molecule has 0 radical (unpaired) electrons. The summed E-state index contributed by atoms with van der Waals surface area (Å²) in [6.45, 7) is -0.122. The van der Waals surface area contributed by atoms with Crippen molar-refractivity contribution in [1.82, 2.24) is 4.72 Å². The molecule has 0 heterocycles. The Morgan fingerprint density at radius 2 is 2.24 bits per heavy atom. The first-order valence-corrected chi connectivity index (χ1v) is 7.72. The van der Waals surface area contributed by atoms with Crippen molar-refractivity contribution in [3.63, 3.8) is 0 Å². The number of nitrogens with one attached hydrogen (secondary N) is 1. The maximum absolute atomic E-state index is 11.9. The summed E-state index contributed by atoms with van der Waals surface area (Å²) in [5, 5.41) is 17.4. The highest BCUT2D eigenvalue weighted by atomic mass is 32.2. The summed E-state index contributed by atoms with van der Waals surface area (Å²) in [7, 11) is -2.32. The molecule has 0 saturated heterocycles. The van der Waals surface area contributed by atoms with Gasteiger partial charge in [0.1, 0.15) is 0 Å². The lowest BCUT2D eigenvalue weighted by atomic mass is 10.2. The Bertz CT molecular complexity index is 636. The average Bonchev–Trinajstić information content (AvgIpc) is 2.42. The van der Waals surface area contributed by atoms with E-state index in [1.807, 2.05) is 6.07 Å². The summed E-state index contributed by atoms with van der Waals surface area (Å²) in [6, 6.07) is 8.21. The van der Waals surface area contributed by atoms with Crippen LogP contribution >= 0.6 is 0 Å². The number of sulfonamides is 1. The number of ether oxygens (including phenoxy) is 1. The predicted molar refractivity (Wildman–Crippen MR) is 74.8 cm³/mol. The molecule has 1 aromatic rings. The lowest BCUT2D eigenvalue weighted by molar-refractivity contribution is -0.139. The molecule has 1 rings (SSSR count). The largest absolute Gasteiger partial charge is 0.481 e. The van der Waals surface area contributed by atoms with Gasteiger partial charge in [0.2, 0.25) is 10.0 Å². The molecule has 1 atom stereocenters. The van der Waals surface area contributed by atoms with Crippen molar-refractivity contribution in [2.45, 2.75) is 18.3 Å². The molecule has 0 aliphatic rings. The Labute approximate surface area is 123 Å². The minimum Gasteiger partial charge on any atom is -0.481 e. The van der Waals surface area contributed by atoms with Crippen LogP contribution in [0.4, 0.5) is 0 Å². The fraction of sp³-hybridized carbons (Fsp3) is 0.385. The SMILES string of the molecule is COC(CNS(=O)(=O)Cc1cccc(C#N)c1)CC(=O)O. The van der Waals surface area contributed by atoms with Gasteiger partial charge >= 0.3 is 5.97 Å². The molecule has 0 aliphatic carbocycles. The Morgan fingerprint density at radius 3 is 2.81 bits per heavy atom. The van der Waals surface area contributed by atoms with E-state index in [0.29, 0.717) is 11.1 Å². The van der Waals surface area contributed by atoms with Crippen molar-refractivity contribution >= 4 is 16.0 Å². The molecule has 8 heteroatoms. The standard InChI is InChI=1S/C13H16N2O5S/c1-20-12(6-13(16)17)8-15-21(18,19)9-11-4-2-3-10(5-11)7-14/h2-5,12,15H,6,8-9H2,1H3,(H,16,17). The van der Waals surface area contributed by atoms with Crippen LogP contribution in [0.1, 0.15) is 17.5 Å². The van der Waals surface area contributed by atoms with Gasteiger partial charge in [-0.15, -0.1) is 0 Å². The third-order valence-corrected chi connectivity index (χ3v) is 4.00. The highest BCUT2D eigenvalue weighted by Gasteiger charge is 2.17. The molecule has 2 N–H and O–H groups in total. The summed E-state index contributed by atoms with van der Waals surface area (Å²) < 4.78 is 31.0. The minimum atomic E-state index is -3.63. The van der Waals surface area contributed by atoms with Crippen molar-refractivity contribution in [2.24, 2.45) is 0 Å². The number of hydrogen-bond donors (Lipinski definition) is 2. The van der Waals surface area contributed by atoms with Crippen LogP contribution in [0.2, 0.25) is 0 Å². The lowest BCUT2D eigenvalue weighted by Gasteiger charge is -2.14. The van der Waals surface area contributed by atoms with Crippen molar-refractivity contribution in [3.05, 3.63) is 35.4 Å². The summed E-state index contributed by atoms with van der Waals surface area (Å²) in [5.74, 6) is -1.35. The third kappa shape index (κ3) is 6.35. The monoisotopic (exact) mass is 312 g/mol. The topological polar surface area (TPSA) is 116 Å². The van der Waals surface area contributed by atoms with Crippen LogP contribution in [0.25, 0.3) is 0 Å². The second-order valence-corrected chi connectivity index (χ2v) is 6.18. The molecule has 7 nitrogen and oxygen atoms in total. The normalized spacial score (nSPS) is 12.6. The summed E-state index contributed by atoms with van der Waals surface area (Å²) in [5.41, 5.74) is 0.858. The first-order chi connectivity index (χ1) is 9.86. The van der Waals surface area contributed by atoms with Crippen molar-refractivity contribution in [1.29, 1.82) is 5.26 Å². The fourth-order valence-electron chi connectivity index (χ4n) is 1.65. The molecule has 114 valence electrons. The van der Waals surface area contributed by atoms with Gasteiger partial charge in [0.25, 0.3) is 0 Å². The Balaban J connectivity index is 2.65. The fourth-order valence-corrected chi connectivity index (χ4v) is 2.81. The zero-order chi connectivity index (χ0) is 15.9. The summed E-state index contributed by atoms with van der Waals surface area (Å²) >= 11 is 0. The molecule has 0 bridgehead atoms. The molecule has 1 aromatic carbocycles. The van der Waals surface area contributed by atoms with E-state index in [-0.39, 0.29) is 18.7 Å². The van der Waals surface area contributed by atoms with E-state index < -0.39 is 22.1 Å². The van der Waals surface area contributed by atoms with Crippen LogP contribution in [-0.2, 0) is 25.3 Å². The van der Waals surface area contributed by atoms with Crippen LogP contribution in [0.5, 0.6) is 0 Å². The van der Waals surface area contributed by atoms with E-state index in [1.165, 1.54) is 13.2 Å². The number of methoxy groups -OCH3 is 1. The lowest BCUT2D eigenvalue weighted by Crippen LogP contribution is -2.35. The van der Waals surface area contributed by atoms with Gasteiger partial charge in [-0.2, -0.15) is 5.26 Å². The number of hydrogen-bond acceptors (Lipinski definition) is 5. The van der Waals surface area contributed by atoms with Crippen molar-refractivity contribution in [2.75, 3.05) is 13.7 Å². The van der Waals surface area contributed by atoms with Gasteiger partial charge in [-0.25, -0.2) is 13.1 Å². The smallest absolute Gasteiger partial charge is 0.306 e. The van der Waals surface area contributed by atoms with Gasteiger partial charge in [0.15, 0.2) is 0 Å². The van der Waals surface area contributed by atoms with Gasteiger partial charge in [0, 0.05) is 13.7 Å². The Hall–Kier alpha value is -1.95. The quantitative estimate of drug-likeness (QED) is 0.720. The maximum atomic E-state index is 11.9. The van der Waals surface area contributed by atoms with Gasteiger partial charge in [-0.3, -0.25) is 4.79 Å². The molecule has 21 heavy (non-hydrogen) atoms. The molecule has 0 fully saturated rings. The van der Waals surface area contributed by atoms with Gasteiger partial charge in [0.05, 0.1) is 29.9 Å².